The van der Waals surface area contributed by atoms with Crippen molar-refractivity contribution in [3.8, 4) is 0 Å². The number of pyridine rings is 1. The molecule has 0 aliphatic carbocycles. The molecule has 1 aromatic heterocycles. The first-order chi connectivity index (χ1) is 7.22. The Kier molecular flexibility index (Phi) is 2.58. The van der Waals surface area contributed by atoms with E-state index in [9.17, 15) is 0 Å². The zero-order valence-electron chi connectivity index (χ0n) is 9.49. The molecular formula is C13H16N2. The number of anilines is 1. The summed E-state index contributed by atoms with van der Waals surface area (Å²) >= 11 is 0. The quantitative estimate of drug-likeness (QED) is 0.741. The number of aromatic nitrogens is 1. The van der Waals surface area contributed by atoms with Gasteiger partial charge in [0.05, 0.1) is 5.52 Å². The Labute approximate surface area is 90.6 Å². The van der Waals surface area contributed by atoms with Crippen molar-refractivity contribution in [2.75, 3.05) is 19.0 Å². The third kappa shape index (κ3) is 1.80. The second-order valence-corrected chi connectivity index (χ2v) is 3.91. The average Bonchev–Trinajstić information content (AvgIpc) is 2.27. The summed E-state index contributed by atoms with van der Waals surface area (Å²) in [4.78, 5) is 6.71. The van der Waals surface area contributed by atoms with Crippen LogP contribution in [0.5, 0.6) is 0 Å². The predicted molar refractivity (Wildman–Crippen MR) is 65.4 cm³/mol. The van der Waals surface area contributed by atoms with Crippen LogP contribution in [-0.2, 0) is 6.42 Å². The van der Waals surface area contributed by atoms with E-state index >= 15 is 0 Å². The second-order valence-electron chi connectivity index (χ2n) is 3.91. The molecule has 0 unspecified atom stereocenters. The number of aryl methyl sites for hydroxylation is 1. The Balaban J connectivity index is 2.67. The van der Waals surface area contributed by atoms with Gasteiger partial charge in [-0.05, 0) is 24.1 Å². The minimum atomic E-state index is 1.02. The molecule has 0 fully saturated rings. The number of benzene rings is 1. The number of hydrogen-bond donors (Lipinski definition) is 0. The zero-order valence-corrected chi connectivity index (χ0v) is 9.49. The lowest BCUT2D eigenvalue weighted by Crippen LogP contribution is -2.10. The van der Waals surface area contributed by atoms with E-state index in [0.717, 1.165) is 17.8 Å². The van der Waals surface area contributed by atoms with Crippen LogP contribution in [0.15, 0.2) is 30.3 Å². The Morgan fingerprint density at radius 3 is 2.60 bits per heavy atom. The highest BCUT2D eigenvalue weighted by molar-refractivity contribution is 5.83. The van der Waals surface area contributed by atoms with Crippen molar-refractivity contribution in [3.05, 3.63) is 35.9 Å². The topological polar surface area (TPSA) is 16.1 Å². The predicted octanol–water partition coefficient (Wildman–Crippen LogP) is 2.86. The molecule has 1 aromatic carbocycles. The first-order valence-corrected chi connectivity index (χ1v) is 5.28. The summed E-state index contributed by atoms with van der Waals surface area (Å²) in [7, 11) is 4.03. The van der Waals surface area contributed by atoms with E-state index in [-0.39, 0.29) is 0 Å². The van der Waals surface area contributed by atoms with E-state index in [4.69, 9.17) is 0 Å². The van der Waals surface area contributed by atoms with Crippen LogP contribution in [0.3, 0.4) is 0 Å². The fourth-order valence-corrected chi connectivity index (χ4v) is 1.73. The summed E-state index contributed by atoms with van der Waals surface area (Å²) in [5.41, 5.74) is 2.45. The Hall–Kier alpha value is -1.57. The van der Waals surface area contributed by atoms with E-state index in [0.29, 0.717) is 0 Å². The number of fused-ring (bicyclic) bond motifs is 1. The van der Waals surface area contributed by atoms with Crippen LogP contribution in [0.25, 0.3) is 10.9 Å². The molecule has 0 saturated heterocycles. The molecule has 0 radical (unpaired) electrons. The fraction of sp³-hybridized carbons (Fsp3) is 0.308. The van der Waals surface area contributed by atoms with Crippen molar-refractivity contribution in [3.63, 3.8) is 0 Å². The highest BCUT2D eigenvalue weighted by atomic mass is 15.1. The molecule has 2 heteroatoms. The maximum absolute atomic E-state index is 4.67. The fourth-order valence-electron chi connectivity index (χ4n) is 1.73. The molecule has 2 rings (SSSR count). The van der Waals surface area contributed by atoms with Crippen LogP contribution in [0, 0.1) is 0 Å². The normalized spacial score (nSPS) is 10.6. The largest absolute Gasteiger partial charge is 0.363 e. The first kappa shape index (κ1) is 9.97. The van der Waals surface area contributed by atoms with Gasteiger partial charge in [-0.2, -0.15) is 0 Å². The van der Waals surface area contributed by atoms with Gasteiger partial charge in [-0.1, -0.05) is 25.1 Å². The second kappa shape index (κ2) is 3.89. The van der Waals surface area contributed by atoms with E-state index in [1.54, 1.807) is 0 Å². The average molecular weight is 200 g/mol. The number of hydrogen-bond acceptors (Lipinski definition) is 2. The maximum Gasteiger partial charge on any atom is 0.128 e. The van der Waals surface area contributed by atoms with Crippen LogP contribution in [0.1, 0.15) is 12.5 Å². The smallest absolute Gasteiger partial charge is 0.128 e. The first-order valence-electron chi connectivity index (χ1n) is 5.28. The van der Waals surface area contributed by atoms with Crippen LogP contribution in [0.4, 0.5) is 5.82 Å². The monoisotopic (exact) mass is 200 g/mol. The molecule has 2 aromatic rings. The molecule has 0 amide bonds. The van der Waals surface area contributed by atoms with Gasteiger partial charge >= 0.3 is 0 Å². The third-order valence-electron chi connectivity index (χ3n) is 2.63. The maximum atomic E-state index is 4.67. The van der Waals surface area contributed by atoms with Gasteiger partial charge in [-0.15, -0.1) is 0 Å². The Bertz CT molecular complexity index is 475. The molecule has 15 heavy (non-hydrogen) atoms. The summed E-state index contributed by atoms with van der Waals surface area (Å²) in [5.74, 6) is 1.02. The summed E-state index contributed by atoms with van der Waals surface area (Å²) in [5, 5.41) is 1.22. The van der Waals surface area contributed by atoms with Crippen molar-refractivity contribution in [2.45, 2.75) is 13.3 Å². The lowest BCUT2D eigenvalue weighted by atomic mass is 10.1. The van der Waals surface area contributed by atoms with Crippen molar-refractivity contribution in [1.82, 2.24) is 4.98 Å². The van der Waals surface area contributed by atoms with E-state index < -0.39 is 0 Å². The molecule has 78 valence electrons. The van der Waals surface area contributed by atoms with Crippen molar-refractivity contribution in [2.24, 2.45) is 0 Å². The third-order valence-corrected chi connectivity index (χ3v) is 2.63. The van der Waals surface area contributed by atoms with Crippen LogP contribution < -0.4 is 4.90 Å². The van der Waals surface area contributed by atoms with Crippen molar-refractivity contribution < 1.29 is 0 Å². The highest BCUT2D eigenvalue weighted by Gasteiger charge is 2.03. The number of para-hydroxylation sites is 1. The molecule has 0 aliphatic rings. The van der Waals surface area contributed by atoms with E-state index in [1.807, 2.05) is 19.0 Å². The molecule has 2 nitrogen and oxygen atoms in total. The van der Waals surface area contributed by atoms with Gasteiger partial charge in [0.25, 0.3) is 0 Å². The van der Waals surface area contributed by atoms with E-state index in [2.05, 4.69) is 42.2 Å². The summed E-state index contributed by atoms with van der Waals surface area (Å²) in [6.45, 7) is 2.17. The van der Waals surface area contributed by atoms with Gasteiger partial charge in [0.1, 0.15) is 5.82 Å². The van der Waals surface area contributed by atoms with Gasteiger partial charge in [0.2, 0.25) is 0 Å². The minimum absolute atomic E-state index is 1.02. The molecule has 0 aliphatic heterocycles. The molecule has 0 saturated carbocycles. The molecule has 0 N–H and O–H groups in total. The number of nitrogens with zero attached hydrogens (tertiary/aromatic N) is 2. The van der Waals surface area contributed by atoms with Crippen LogP contribution in [-0.4, -0.2) is 19.1 Å². The molecule has 0 bridgehead atoms. The van der Waals surface area contributed by atoms with Gasteiger partial charge in [0, 0.05) is 19.5 Å². The summed E-state index contributed by atoms with van der Waals surface area (Å²) in [6, 6.07) is 10.5. The lowest BCUT2D eigenvalue weighted by Gasteiger charge is -2.12. The zero-order chi connectivity index (χ0) is 10.8. The molecule has 1 heterocycles. The lowest BCUT2D eigenvalue weighted by molar-refractivity contribution is 1.07. The van der Waals surface area contributed by atoms with Crippen LogP contribution in [0.2, 0.25) is 0 Å². The van der Waals surface area contributed by atoms with Gasteiger partial charge < -0.3 is 4.90 Å². The van der Waals surface area contributed by atoms with E-state index in [1.165, 1.54) is 10.9 Å². The Morgan fingerprint density at radius 1 is 1.13 bits per heavy atom. The van der Waals surface area contributed by atoms with Gasteiger partial charge in [-0.3, -0.25) is 0 Å². The molecule has 0 spiro atoms. The van der Waals surface area contributed by atoms with Gasteiger partial charge in [-0.25, -0.2) is 4.98 Å². The van der Waals surface area contributed by atoms with Crippen molar-refractivity contribution in [1.29, 1.82) is 0 Å². The van der Waals surface area contributed by atoms with Crippen LogP contribution >= 0.6 is 0 Å². The van der Waals surface area contributed by atoms with Crippen molar-refractivity contribution >= 4 is 16.7 Å². The summed E-state index contributed by atoms with van der Waals surface area (Å²) in [6.07, 6.45) is 1.03. The Morgan fingerprint density at radius 2 is 1.93 bits per heavy atom. The highest BCUT2D eigenvalue weighted by Crippen LogP contribution is 2.20. The SMILES string of the molecule is CCc1cccc2ccc(N(C)C)nc12. The number of rotatable bonds is 2. The van der Waals surface area contributed by atoms with Gasteiger partial charge in [0.15, 0.2) is 0 Å². The summed E-state index contributed by atoms with van der Waals surface area (Å²) < 4.78 is 0. The standard InChI is InChI=1S/C13H16N2/c1-4-10-6-5-7-11-8-9-12(15(2)3)14-13(10)11/h5-9H,4H2,1-3H3. The molecule has 0 atom stereocenters. The minimum Gasteiger partial charge on any atom is -0.363 e. The molecular weight excluding hydrogens is 184 g/mol.